The molecule has 0 aliphatic carbocycles. The molecule has 2 aromatic carbocycles. The maximum Gasteiger partial charge on any atom is 0.405 e. The van der Waals surface area contributed by atoms with Gasteiger partial charge in [0.15, 0.2) is 11.9 Å². The molecule has 0 fully saturated rings. The van der Waals surface area contributed by atoms with E-state index in [9.17, 15) is 36.9 Å². The van der Waals surface area contributed by atoms with Crippen molar-refractivity contribution in [1.82, 2.24) is 0 Å². The number of esters is 2. The normalized spacial score (nSPS) is 12.7. The number of ether oxygens (including phenoxy) is 2. The Morgan fingerprint density at radius 3 is 2.12 bits per heavy atom. The molecule has 0 saturated carbocycles. The quantitative estimate of drug-likeness (QED) is 0.105. The summed E-state index contributed by atoms with van der Waals surface area (Å²) in [5, 5.41) is 6.21. The van der Waals surface area contributed by atoms with Gasteiger partial charge in [-0.3, -0.25) is 14.7 Å². The van der Waals surface area contributed by atoms with E-state index in [0.29, 0.717) is 20.1 Å². The summed E-state index contributed by atoms with van der Waals surface area (Å²) in [5.41, 5.74) is -2.05. The number of benzene rings is 2. The lowest BCUT2D eigenvalue weighted by molar-refractivity contribution is -0.384. The minimum Gasteiger partial charge on any atom is -0.451 e. The van der Waals surface area contributed by atoms with Gasteiger partial charge in [0.25, 0.3) is 5.69 Å². The highest BCUT2D eigenvalue weighted by atomic mass is 127. The molecule has 1 N–H and O–H groups in total. The summed E-state index contributed by atoms with van der Waals surface area (Å²) >= 11 is 5.84. The molecule has 0 aliphatic rings. The van der Waals surface area contributed by atoms with E-state index in [1.165, 1.54) is 0 Å². The molecule has 1 unspecified atom stereocenters. The number of carbonyl (C=O) groups excluding carboxylic acids is 2. The summed E-state index contributed by atoms with van der Waals surface area (Å²) in [7, 11) is -5.94. The largest absolute Gasteiger partial charge is 0.451 e. The van der Waals surface area contributed by atoms with E-state index in [4.69, 9.17) is 9.29 Å². The van der Waals surface area contributed by atoms with Gasteiger partial charge in [0.2, 0.25) is 0 Å². The highest BCUT2D eigenvalue weighted by molar-refractivity contribution is 14.1. The van der Waals surface area contributed by atoms with Crippen LogP contribution in [0.15, 0.2) is 30.3 Å². The zero-order valence-corrected chi connectivity index (χ0v) is 23.2. The predicted octanol–water partition coefficient (Wildman–Crippen LogP) is 4.65. The van der Waals surface area contributed by atoms with E-state index < -0.39 is 55.2 Å². The summed E-state index contributed by atoms with van der Waals surface area (Å²) in [4.78, 5) is 35.4. The third-order valence-corrected chi connectivity index (χ3v) is 7.16. The standard InChI is InChI=1S/C17H10F2I3NO9S/c1-7(17(18,19)33(28,29)30)31-16(25)11-6-9(23(26)27)2-3-10(11)15(24)32-14-12(21)4-8(20)5-13(14)22/h2-7H,1H3,(H,28,29,30). The Balaban J connectivity index is 2.48. The summed E-state index contributed by atoms with van der Waals surface area (Å²) in [5.74, 6) is -2.69. The molecule has 0 amide bonds. The molecule has 2 aromatic rings. The van der Waals surface area contributed by atoms with Gasteiger partial charge in [0.05, 0.1) is 23.2 Å². The van der Waals surface area contributed by atoms with Crippen molar-refractivity contribution >= 4 is 95.5 Å². The Labute approximate surface area is 225 Å². The topological polar surface area (TPSA) is 150 Å². The summed E-state index contributed by atoms with van der Waals surface area (Å²) in [6.07, 6.45) is -2.69. The first-order valence-corrected chi connectivity index (χ1v) is 12.9. The Morgan fingerprint density at radius 2 is 1.64 bits per heavy atom. The lowest BCUT2D eigenvalue weighted by Gasteiger charge is -2.21. The average Bonchev–Trinajstić information content (AvgIpc) is 2.68. The van der Waals surface area contributed by atoms with Crippen LogP contribution in [0.5, 0.6) is 5.75 Å². The molecule has 0 aliphatic heterocycles. The molecule has 10 nitrogen and oxygen atoms in total. The number of non-ortho nitro benzene ring substituents is 1. The highest BCUT2D eigenvalue weighted by Gasteiger charge is 2.52. The number of rotatable bonds is 7. The Hall–Kier alpha value is -1.26. The number of hydrogen-bond donors (Lipinski definition) is 1. The molecule has 0 heterocycles. The maximum absolute atomic E-state index is 13.8. The van der Waals surface area contributed by atoms with Crippen LogP contribution in [0.3, 0.4) is 0 Å². The lowest BCUT2D eigenvalue weighted by Crippen LogP contribution is -2.42. The average molecular weight is 823 g/mol. The van der Waals surface area contributed by atoms with Gasteiger partial charge in [-0.15, -0.1) is 0 Å². The molecule has 0 radical (unpaired) electrons. The minimum atomic E-state index is -5.94. The zero-order chi connectivity index (χ0) is 25.3. The fraction of sp³-hybridized carbons (Fsp3) is 0.176. The molecule has 33 heavy (non-hydrogen) atoms. The minimum absolute atomic E-state index is 0.130. The maximum atomic E-state index is 13.8. The van der Waals surface area contributed by atoms with E-state index in [1.54, 1.807) is 12.1 Å². The zero-order valence-electron chi connectivity index (χ0n) is 15.9. The van der Waals surface area contributed by atoms with Crippen LogP contribution in [-0.2, 0) is 14.9 Å². The predicted molar refractivity (Wildman–Crippen MR) is 134 cm³/mol. The number of nitrogens with zero attached hydrogens (tertiary/aromatic N) is 1. The van der Waals surface area contributed by atoms with Crippen molar-refractivity contribution in [3.8, 4) is 5.75 Å². The van der Waals surface area contributed by atoms with Gasteiger partial charge in [0, 0.05) is 15.7 Å². The van der Waals surface area contributed by atoms with Gasteiger partial charge in [-0.2, -0.15) is 17.2 Å². The van der Waals surface area contributed by atoms with Crippen molar-refractivity contribution < 1.29 is 45.7 Å². The van der Waals surface area contributed by atoms with Crippen molar-refractivity contribution in [2.24, 2.45) is 0 Å². The van der Waals surface area contributed by atoms with Gasteiger partial charge >= 0.3 is 27.3 Å². The monoisotopic (exact) mass is 823 g/mol. The van der Waals surface area contributed by atoms with Crippen molar-refractivity contribution in [3.05, 3.63) is 62.3 Å². The second-order valence-electron chi connectivity index (χ2n) is 6.16. The first-order valence-electron chi connectivity index (χ1n) is 8.27. The molecular weight excluding hydrogens is 813 g/mol. The molecule has 0 saturated heterocycles. The number of halogens is 5. The van der Waals surface area contributed by atoms with Crippen LogP contribution in [0.2, 0.25) is 0 Å². The van der Waals surface area contributed by atoms with Crippen LogP contribution in [0, 0.1) is 20.8 Å². The Kier molecular flexibility index (Phi) is 8.95. The van der Waals surface area contributed by atoms with Crippen LogP contribution in [-0.4, -0.2) is 41.2 Å². The molecule has 0 aromatic heterocycles. The van der Waals surface area contributed by atoms with Crippen molar-refractivity contribution in [3.63, 3.8) is 0 Å². The van der Waals surface area contributed by atoms with Crippen LogP contribution >= 0.6 is 67.8 Å². The van der Waals surface area contributed by atoms with Crippen LogP contribution in [0.1, 0.15) is 27.6 Å². The summed E-state index contributed by atoms with van der Waals surface area (Å²) in [6.45, 7) is 0.483. The third-order valence-electron chi connectivity index (χ3n) is 3.91. The fourth-order valence-electron chi connectivity index (χ4n) is 2.27. The Bertz CT molecular complexity index is 1230. The van der Waals surface area contributed by atoms with Crippen LogP contribution in [0.4, 0.5) is 14.5 Å². The molecule has 0 bridgehead atoms. The molecule has 178 valence electrons. The van der Waals surface area contributed by atoms with Crippen molar-refractivity contribution in [1.29, 1.82) is 0 Å². The molecule has 0 spiro atoms. The van der Waals surface area contributed by atoms with Gasteiger partial charge in [-0.25, -0.2) is 9.59 Å². The van der Waals surface area contributed by atoms with Gasteiger partial charge < -0.3 is 9.47 Å². The second kappa shape index (κ2) is 10.6. The molecule has 2 rings (SSSR count). The van der Waals surface area contributed by atoms with Crippen molar-refractivity contribution in [2.45, 2.75) is 18.3 Å². The SMILES string of the molecule is CC(OC(=O)c1cc([N+](=O)[O-])ccc1C(=O)Oc1c(I)cc(I)cc1I)C(F)(F)S(=O)(=O)O. The number of nitro benzene ring substituents is 1. The van der Waals surface area contributed by atoms with E-state index >= 15 is 0 Å². The first kappa shape index (κ1) is 28.0. The molecule has 16 heteroatoms. The van der Waals surface area contributed by atoms with Crippen LogP contribution < -0.4 is 4.74 Å². The van der Waals surface area contributed by atoms with Gasteiger partial charge in [-0.05, 0) is 92.9 Å². The number of hydrogen-bond acceptors (Lipinski definition) is 8. The van der Waals surface area contributed by atoms with Crippen molar-refractivity contribution in [2.75, 3.05) is 0 Å². The molecule has 1 atom stereocenters. The fourth-order valence-corrected chi connectivity index (χ4v) is 6.54. The first-order chi connectivity index (χ1) is 15.1. The van der Waals surface area contributed by atoms with E-state index in [2.05, 4.69) is 4.74 Å². The Morgan fingerprint density at radius 1 is 1.09 bits per heavy atom. The van der Waals surface area contributed by atoms with E-state index in [1.807, 2.05) is 67.8 Å². The number of carbonyl (C=O) groups is 2. The van der Waals surface area contributed by atoms with E-state index in [0.717, 1.165) is 15.7 Å². The third kappa shape index (κ3) is 6.45. The number of nitro groups is 1. The number of alkyl halides is 2. The van der Waals surface area contributed by atoms with Gasteiger partial charge in [-0.1, -0.05) is 0 Å². The molecular formula is C17H10F2I3NO9S. The van der Waals surface area contributed by atoms with Gasteiger partial charge in [0.1, 0.15) is 0 Å². The van der Waals surface area contributed by atoms with E-state index in [-0.39, 0.29) is 5.75 Å². The van der Waals surface area contributed by atoms with Crippen LogP contribution in [0.25, 0.3) is 0 Å². The summed E-state index contributed by atoms with van der Waals surface area (Å²) in [6, 6.07) is 5.73. The highest BCUT2D eigenvalue weighted by Crippen LogP contribution is 2.32. The smallest absolute Gasteiger partial charge is 0.405 e. The lowest BCUT2D eigenvalue weighted by atomic mass is 10.1. The second-order valence-corrected chi connectivity index (χ2v) is 11.2. The summed E-state index contributed by atoms with van der Waals surface area (Å²) < 4.78 is 69.5.